The molecule has 1 saturated heterocycles. The highest BCUT2D eigenvalue weighted by Gasteiger charge is 2.36. The van der Waals surface area contributed by atoms with E-state index in [-0.39, 0.29) is 55.3 Å². The van der Waals surface area contributed by atoms with Crippen LogP contribution < -0.4 is 16.1 Å². The molecule has 3 rings (SSSR count). The highest BCUT2D eigenvalue weighted by atomic mass is 19.1. The number of amidine groups is 1. The van der Waals surface area contributed by atoms with Gasteiger partial charge in [0.05, 0.1) is 29.1 Å². The first-order chi connectivity index (χ1) is 15.7. The van der Waals surface area contributed by atoms with Crippen molar-refractivity contribution in [3.05, 3.63) is 39.7 Å². The molecule has 1 unspecified atom stereocenters. The summed E-state index contributed by atoms with van der Waals surface area (Å²) in [6.07, 6.45) is 1.05. The summed E-state index contributed by atoms with van der Waals surface area (Å²) in [4.78, 5) is 35.5. The van der Waals surface area contributed by atoms with Crippen molar-refractivity contribution in [2.45, 2.75) is 27.3 Å². The van der Waals surface area contributed by atoms with Gasteiger partial charge < -0.3 is 30.0 Å². The van der Waals surface area contributed by atoms with E-state index in [1.165, 1.54) is 9.47 Å². The molecular formula is C21H25F2N5O5. The zero-order chi connectivity index (χ0) is 24.3. The molecular weight excluding hydrogens is 440 g/mol. The molecule has 1 aromatic heterocycles. The van der Waals surface area contributed by atoms with Crippen molar-refractivity contribution in [3.63, 3.8) is 0 Å². The van der Waals surface area contributed by atoms with E-state index in [1.807, 2.05) is 0 Å². The second-order valence-corrected chi connectivity index (χ2v) is 7.25. The smallest absolute Gasteiger partial charge is 0.341 e. The van der Waals surface area contributed by atoms with Gasteiger partial charge in [-0.2, -0.15) is 0 Å². The topological polar surface area (TPSA) is 132 Å². The van der Waals surface area contributed by atoms with E-state index < -0.39 is 34.5 Å². The number of aryl methyl sites for hydroxylation is 1. The van der Waals surface area contributed by atoms with Crippen molar-refractivity contribution in [1.29, 1.82) is 0 Å². The lowest BCUT2D eigenvalue weighted by atomic mass is 10.1. The summed E-state index contributed by atoms with van der Waals surface area (Å²) in [7, 11) is 0. The normalized spacial score (nSPS) is 17.7. The first-order valence-corrected chi connectivity index (χ1v) is 10.4. The number of carboxylic acids is 1. The van der Waals surface area contributed by atoms with Crippen LogP contribution in [0.15, 0.2) is 27.4 Å². The molecule has 0 aliphatic carbocycles. The Kier molecular flexibility index (Phi) is 7.14. The number of oxime groups is 2. The lowest BCUT2D eigenvalue weighted by Gasteiger charge is -2.21. The number of hydrogen-bond donors (Lipinski definition) is 2. The molecule has 0 saturated carbocycles. The average molecular weight is 465 g/mol. The zero-order valence-corrected chi connectivity index (χ0v) is 18.5. The predicted molar refractivity (Wildman–Crippen MR) is 119 cm³/mol. The van der Waals surface area contributed by atoms with E-state index in [9.17, 15) is 14.7 Å². The molecule has 10 nitrogen and oxygen atoms in total. The number of anilines is 1. The third-order valence-corrected chi connectivity index (χ3v) is 5.24. The summed E-state index contributed by atoms with van der Waals surface area (Å²) in [6, 6.07) is 0.860. The zero-order valence-electron chi connectivity index (χ0n) is 18.5. The molecule has 0 radical (unpaired) electrons. The molecule has 2 aromatic rings. The SMILES string of the molecule is CCO/N=C1\CN(c2c(F)cc3c(=O)c(C(=O)O)cn(CC)c3c2F)CC1/C(N)=N\OCC. The number of rotatable bonds is 8. The van der Waals surface area contributed by atoms with Gasteiger partial charge in [0.2, 0.25) is 5.43 Å². The molecule has 178 valence electrons. The summed E-state index contributed by atoms with van der Waals surface area (Å²) < 4.78 is 32.1. The van der Waals surface area contributed by atoms with Crippen molar-refractivity contribution in [2.75, 3.05) is 31.2 Å². The Morgan fingerprint density at radius 2 is 1.97 bits per heavy atom. The number of fused-ring (bicyclic) bond motifs is 1. The summed E-state index contributed by atoms with van der Waals surface area (Å²) >= 11 is 0. The third-order valence-electron chi connectivity index (χ3n) is 5.24. The molecule has 0 bridgehead atoms. The minimum Gasteiger partial charge on any atom is -0.477 e. The Morgan fingerprint density at radius 3 is 2.58 bits per heavy atom. The molecule has 3 N–H and O–H groups in total. The number of aromatic nitrogens is 1. The van der Waals surface area contributed by atoms with E-state index in [0.29, 0.717) is 5.71 Å². The van der Waals surface area contributed by atoms with Gasteiger partial charge in [0.15, 0.2) is 5.82 Å². The summed E-state index contributed by atoms with van der Waals surface area (Å²) in [6.45, 7) is 5.89. The van der Waals surface area contributed by atoms with Crippen LogP contribution in [0, 0.1) is 17.6 Å². The van der Waals surface area contributed by atoms with Crippen molar-refractivity contribution in [3.8, 4) is 0 Å². The van der Waals surface area contributed by atoms with Gasteiger partial charge in [-0.15, -0.1) is 0 Å². The van der Waals surface area contributed by atoms with E-state index in [0.717, 1.165) is 12.3 Å². The van der Waals surface area contributed by atoms with Gasteiger partial charge in [-0.3, -0.25) is 4.79 Å². The van der Waals surface area contributed by atoms with Crippen LogP contribution in [0.2, 0.25) is 0 Å². The number of halogens is 2. The maximum atomic E-state index is 15.7. The Bertz CT molecular complexity index is 1190. The van der Waals surface area contributed by atoms with Crippen LogP contribution in [0.5, 0.6) is 0 Å². The maximum Gasteiger partial charge on any atom is 0.341 e. The van der Waals surface area contributed by atoms with Crippen molar-refractivity contribution >= 4 is 34.1 Å². The van der Waals surface area contributed by atoms with Crippen molar-refractivity contribution in [2.24, 2.45) is 22.0 Å². The van der Waals surface area contributed by atoms with Crippen LogP contribution in [0.25, 0.3) is 10.9 Å². The fourth-order valence-corrected chi connectivity index (χ4v) is 3.74. The van der Waals surface area contributed by atoms with Crippen molar-refractivity contribution in [1.82, 2.24) is 4.57 Å². The van der Waals surface area contributed by atoms with Crippen LogP contribution >= 0.6 is 0 Å². The highest BCUT2D eigenvalue weighted by Crippen LogP contribution is 2.33. The quantitative estimate of drug-likeness (QED) is 0.347. The minimum atomic E-state index is -1.47. The molecule has 1 aliphatic rings. The van der Waals surface area contributed by atoms with Crippen LogP contribution in [0.4, 0.5) is 14.5 Å². The fraction of sp³-hybridized carbons (Fsp3) is 0.429. The van der Waals surface area contributed by atoms with Gasteiger partial charge in [-0.25, -0.2) is 13.6 Å². The number of carboxylic acid groups (broad SMARTS) is 1. The number of nitrogens with zero attached hydrogens (tertiary/aromatic N) is 4. The van der Waals surface area contributed by atoms with Crippen LogP contribution in [-0.2, 0) is 16.2 Å². The largest absolute Gasteiger partial charge is 0.477 e. The Morgan fingerprint density at radius 1 is 1.27 bits per heavy atom. The highest BCUT2D eigenvalue weighted by molar-refractivity contribution is 6.10. The number of nitrogens with two attached hydrogens (primary N) is 1. The van der Waals surface area contributed by atoms with Gasteiger partial charge in [0.1, 0.15) is 36.1 Å². The van der Waals surface area contributed by atoms with Gasteiger partial charge in [0, 0.05) is 19.3 Å². The van der Waals surface area contributed by atoms with Gasteiger partial charge in [-0.05, 0) is 26.8 Å². The molecule has 12 heteroatoms. The average Bonchev–Trinajstić information content (AvgIpc) is 3.20. The second-order valence-electron chi connectivity index (χ2n) is 7.25. The van der Waals surface area contributed by atoms with Gasteiger partial charge >= 0.3 is 5.97 Å². The van der Waals surface area contributed by atoms with Crippen LogP contribution in [0.1, 0.15) is 31.1 Å². The molecule has 33 heavy (non-hydrogen) atoms. The number of hydrogen-bond acceptors (Lipinski definition) is 7. The Balaban J connectivity index is 2.16. The monoisotopic (exact) mass is 465 g/mol. The first-order valence-electron chi connectivity index (χ1n) is 10.4. The van der Waals surface area contributed by atoms with Gasteiger partial charge in [-0.1, -0.05) is 10.3 Å². The van der Waals surface area contributed by atoms with Crippen LogP contribution in [0.3, 0.4) is 0 Å². The van der Waals surface area contributed by atoms with E-state index in [2.05, 4.69) is 10.3 Å². The van der Waals surface area contributed by atoms with Crippen molar-refractivity contribution < 1.29 is 28.4 Å². The number of pyridine rings is 1. The van der Waals surface area contributed by atoms with Crippen LogP contribution in [-0.4, -0.2) is 53.5 Å². The van der Waals surface area contributed by atoms with E-state index in [4.69, 9.17) is 15.4 Å². The molecule has 1 aromatic carbocycles. The lowest BCUT2D eigenvalue weighted by Crippen LogP contribution is -2.31. The minimum absolute atomic E-state index is 0.00404. The van der Waals surface area contributed by atoms with E-state index >= 15 is 8.78 Å². The summed E-state index contributed by atoms with van der Waals surface area (Å²) in [5, 5.41) is 16.8. The second kappa shape index (κ2) is 9.84. The number of carbonyl (C=O) groups is 1. The Labute approximate surface area is 187 Å². The number of aromatic carboxylic acids is 1. The molecule has 1 atom stereocenters. The third kappa shape index (κ3) is 4.45. The molecule has 0 amide bonds. The fourth-order valence-electron chi connectivity index (χ4n) is 3.74. The van der Waals surface area contributed by atoms with E-state index in [1.54, 1.807) is 20.8 Å². The molecule has 1 aliphatic heterocycles. The Hall–Kier alpha value is -3.70. The number of benzene rings is 1. The van der Waals surface area contributed by atoms with Gasteiger partial charge in [0.25, 0.3) is 0 Å². The summed E-state index contributed by atoms with van der Waals surface area (Å²) in [5.74, 6) is -4.01. The molecule has 0 spiro atoms. The standard InChI is InChI=1S/C21H25F2N5O5/c1-4-27-9-13(21(30)31)19(29)11-7-14(22)18(16(23)17(11)27)28-8-12(20(24)26-33-6-3)15(10-28)25-32-5-2/h7,9,12H,4-6,8,10H2,1-3H3,(H2,24,26)(H,30,31)/b25-15+. The summed E-state index contributed by atoms with van der Waals surface area (Å²) in [5.41, 5.74) is 4.32. The first kappa shape index (κ1) is 24.0. The maximum absolute atomic E-state index is 15.7. The predicted octanol–water partition coefficient (Wildman–Crippen LogP) is 2.14. The molecule has 1 fully saturated rings. The lowest BCUT2D eigenvalue weighted by molar-refractivity contribution is 0.0694. The molecule has 2 heterocycles.